The van der Waals surface area contributed by atoms with Gasteiger partial charge in [0, 0.05) is 40.7 Å². The zero-order chi connectivity index (χ0) is 19.7. The summed E-state index contributed by atoms with van der Waals surface area (Å²) in [5.41, 5.74) is 6.23. The molecule has 1 aliphatic carbocycles. The van der Waals surface area contributed by atoms with Crippen molar-refractivity contribution < 1.29 is 14.3 Å². The molecule has 2 aliphatic rings. The minimum absolute atomic E-state index is 0.223. The van der Waals surface area contributed by atoms with Gasteiger partial charge in [0.1, 0.15) is 6.04 Å². The van der Waals surface area contributed by atoms with E-state index in [1.807, 2.05) is 25.2 Å². The lowest BCUT2D eigenvalue weighted by atomic mass is 9.95. The van der Waals surface area contributed by atoms with Crippen LogP contribution in [0.15, 0.2) is 42.1 Å². The fourth-order valence-electron chi connectivity index (χ4n) is 3.89. The van der Waals surface area contributed by atoms with E-state index in [0.717, 1.165) is 17.6 Å². The van der Waals surface area contributed by atoms with Crippen LogP contribution in [0.3, 0.4) is 0 Å². The van der Waals surface area contributed by atoms with Gasteiger partial charge in [0.05, 0.1) is 13.7 Å². The van der Waals surface area contributed by atoms with Crippen LogP contribution in [0.5, 0.6) is 0 Å². The smallest absolute Gasteiger partial charge is 0.332 e. The first kappa shape index (κ1) is 18.8. The van der Waals surface area contributed by atoms with Gasteiger partial charge in [0.15, 0.2) is 0 Å². The van der Waals surface area contributed by atoms with Crippen LogP contribution in [-0.4, -0.2) is 30.7 Å². The van der Waals surface area contributed by atoms with Gasteiger partial charge in [-0.15, -0.1) is 0 Å². The van der Waals surface area contributed by atoms with Crippen molar-refractivity contribution in [3.8, 4) is 0 Å². The first-order chi connectivity index (χ1) is 13.5. The molecule has 1 saturated carbocycles. The van der Waals surface area contributed by atoms with Crippen LogP contribution in [-0.2, 0) is 32.7 Å². The van der Waals surface area contributed by atoms with Crippen LogP contribution < -0.4 is 5.32 Å². The summed E-state index contributed by atoms with van der Waals surface area (Å²) in [5, 5.41) is 4.56. The molecule has 2 aromatic rings. The van der Waals surface area contributed by atoms with Gasteiger partial charge in [-0.1, -0.05) is 31.2 Å². The zero-order valence-electron chi connectivity index (χ0n) is 16.8. The molecule has 2 heterocycles. The summed E-state index contributed by atoms with van der Waals surface area (Å²) >= 11 is 0. The average molecular weight is 380 g/mol. The molecule has 28 heavy (non-hydrogen) atoms. The van der Waals surface area contributed by atoms with Crippen LogP contribution in [0.2, 0.25) is 0 Å². The summed E-state index contributed by atoms with van der Waals surface area (Å²) in [6.07, 6.45) is 8.97. The lowest BCUT2D eigenvalue weighted by Gasteiger charge is -2.21. The summed E-state index contributed by atoms with van der Waals surface area (Å²) in [4.78, 5) is 15.6. The topological polar surface area (TPSA) is 63.4 Å². The molecule has 1 aromatic heterocycles. The summed E-state index contributed by atoms with van der Waals surface area (Å²) in [6.45, 7) is 5.68. The number of carbonyl (C=O) groups excluding carboxylic acids is 1. The number of rotatable bonds is 7. The third kappa shape index (κ3) is 3.59. The Morgan fingerprint density at radius 2 is 2.14 bits per heavy atom. The second-order valence-electron chi connectivity index (χ2n) is 7.96. The number of fused-ring (bicyclic) bond motifs is 1. The molecule has 5 nitrogen and oxygen atoms in total. The van der Waals surface area contributed by atoms with E-state index in [0.29, 0.717) is 13.2 Å². The zero-order valence-corrected chi connectivity index (χ0v) is 16.8. The predicted octanol–water partition coefficient (Wildman–Crippen LogP) is 3.88. The summed E-state index contributed by atoms with van der Waals surface area (Å²) in [6, 6.07) is 6.12. The standard InChI is InChI=1S/C23H28N2O3/c1-4-28-14-15-8-9-17-18(21(23(2)10-11-23)25-20(17)12-15)13-16-6-5-7-19(24-16)22(26)27-3/h5-9,12,19,24-25H,4,10-11,13-14H2,1-3H3. The number of aromatic nitrogens is 1. The van der Waals surface area contributed by atoms with Crippen molar-refractivity contribution in [1.82, 2.24) is 10.3 Å². The Labute approximate surface area is 165 Å². The molecular weight excluding hydrogens is 352 g/mol. The van der Waals surface area contributed by atoms with Gasteiger partial charge >= 0.3 is 5.97 Å². The molecule has 1 atom stereocenters. The van der Waals surface area contributed by atoms with E-state index < -0.39 is 6.04 Å². The second kappa shape index (κ2) is 7.47. The van der Waals surface area contributed by atoms with Crippen molar-refractivity contribution in [3.63, 3.8) is 0 Å². The molecule has 1 aliphatic heterocycles. The van der Waals surface area contributed by atoms with E-state index in [4.69, 9.17) is 9.47 Å². The van der Waals surface area contributed by atoms with Crippen LogP contribution in [0, 0.1) is 0 Å². The predicted molar refractivity (Wildman–Crippen MR) is 110 cm³/mol. The third-order valence-corrected chi connectivity index (χ3v) is 5.81. The first-order valence-corrected chi connectivity index (χ1v) is 9.97. The van der Waals surface area contributed by atoms with Gasteiger partial charge in [-0.25, -0.2) is 4.79 Å². The molecule has 0 saturated heterocycles. The maximum absolute atomic E-state index is 11.9. The number of H-pyrrole nitrogens is 1. The van der Waals surface area contributed by atoms with Gasteiger partial charge in [-0.05, 0) is 43.0 Å². The Kier molecular flexibility index (Phi) is 5.02. The Hall–Kier alpha value is -2.53. The highest BCUT2D eigenvalue weighted by Crippen LogP contribution is 2.50. The van der Waals surface area contributed by atoms with E-state index in [9.17, 15) is 4.79 Å². The third-order valence-electron chi connectivity index (χ3n) is 5.81. The monoisotopic (exact) mass is 380 g/mol. The Morgan fingerprint density at radius 3 is 2.86 bits per heavy atom. The molecule has 0 bridgehead atoms. The lowest BCUT2D eigenvalue weighted by molar-refractivity contribution is -0.141. The number of esters is 1. The number of dihydropyridines is 1. The maximum Gasteiger partial charge on any atom is 0.332 e. The molecule has 2 N–H and O–H groups in total. The van der Waals surface area contributed by atoms with Crippen molar-refractivity contribution in [2.24, 2.45) is 0 Å². The van der Waals surface area contributed by atoms with Crippen LogP contribution in [0.1, 0.15) is 43.5 Å². The fourth-order valence-corrected chi connectivity index (χ4v) is 3.89. The van der Waals surface area contributed by atoms with E-state index in [1.165, 1.54) is 42.2 Å². The maximum atomic E-state index is 11.9. The Balaban J connectivity index is 1.66. The van der Waals surface area contributed by atoms with Crippen LogP contribution in [0.4, 0.5) is 0 Å². The Morgan fingerprint density at radius 1 is 1.32 bits per heavy atom. The SMILES string of the molecule is CCOCc1ccc2c(CC3=CC=CC(C(=O)OC)N3)c(C3(C)CC3)[nH]c2c1. The molecule has 4 rings (SSSR count). The lowest BCUT2D eigenvalue weighted by Crippen LogP contribution is -2.37. The van der Waals surface area contributed by atoms with Gasteiger partial charge in [0.2, 0.25) is 0 Å². The van der Waals surface area contributed by atoms with Crippen molar-refractivity contribution in [1.29, 1.82) is 0 Å². The van der Waals surface area contributed by atoms with E-state index in [2.05, 4.69) is 35.4 Å². The highest BCUT2D eigenvalue weighted by atomic mass is 16.5. The summed E-state index contributed by atoms with van der Waals surface area (Å²) in [7, 11) is 1.42. The fraction of sp³-hybridized carbons (Fsp3) is 0.435. The van der Waals surface area contributed by atoms with Gasteiger partial charge < -0.3 is 19.8 Å². The van der Waals surface area contributed by atoms with Crippen LogP contribution in [0.25, 0.3) is 10.9 Å². The summed E-state index contributed by atoms with van der Waals surface area (Å²) < 4.78 is 10.4. The van der Waals surface area contributed by atoms with Crippen molar-refractivity contribution in [3.05, 3.63) is 58.9 Å². The molecule has 148 valence electrons. The number of aromatic amines is 1. The number of carbonyl (C=O) groups is 1. The molecule has 1 aromatic carbocycles. The number of ether oxygens (including phenoxy) is 2. The summed E-state index contributed by atoms with van der Waals surface area (Å²) in [5.74, 6) is -0.268. The quantitative estimate of drug-likeness (QED) is 0.716. The highest BCUT2D eigenvalue weighted by molar-refractivity contribution is 5.86. The van der Waals surface area contributed by atoms with E-state index in [-0.39, 0.29) is 11.4 Å². The first-order valence-electron chi connectivity index (χ1n) is 9.97. The molecular formula is C23H28N2O3. The Bertz CT molecular complexity index is 950. The average Bonchev–Trinajstić information content (AvgIpc) is 3.36. The molecule has 0 radical (unpaired) electrons. The van der Waals surface area contributed by atoms with Gasteiger partial charge in [-0.3, -0.25) is 0 Å². The van der Waals surface area contributed by atoms with Gasteiger partial charge in [0.25, 0.3) is 0 Å². The van der Waals surface area contributed by atoms with Crippen LogP contribution >= 0.6 is 0 Å². The number of allylic oxidation sites excluding steroid dienone is 3. The van der Waals surface area contributed by atoms with Gasteiger partial charge in [-0.2, -0.15) is 0 Å². The van der Waals surface area contributed by atoms with E-state index in [1.54, 1.807) is 0 Å². The number of hydrogen-bond acceptors (Lipinski definition) is 4. The van der Waals surface area contributed by atoms with Crippen molar-refractivity contribution in [2.75, 3.05) is 13.7 Å². The van der Waals surface area contributed by atoms with Crippen molar-refractivity contribution in [2.45, 2.75) is 51.2 Å². The number of hydrogen-bond donors (Lipinski definition) is 2. The minimum atomic E-state index is -0.423. The molecule has 1 unspecified atom stereocenters. The molecule has 0 spiro atoms. The number of benzene rings is 1. The second-order valence-corrected chi connectivity index (χ2v) is 7.96. The normalized spacial score (nSPS) is 20.0. The minimum Gasteiger partial charge on any atom is -0.467 e. The van der Waals surface area contributed by atoms with E-state index >= 15 is 0 Å². The molecule has 5 heteroatoms. The number of methoxy groups -OCH3 is 1. The molecule has 1 fully saturated rings. The largest absolute Gasteiger partial charge is 0.467 e. The molecule has 0 amide bonds. The number of nitrogens with one attached hydrogen (secondary N) is 2. The van der Waals surface area contributed by atoms with Crippen molar-refractivity contribution >= 4 is 16.9 Å². The highest BCUT2D eigenvalue weighted by Gasteiger charge is 2.42.